The molecule has 1 N–H and O–H groups in total. The van der Waals surface area contributed by atoms with Crippen molar-refractivity contribution in [2.24, 2.45) is 0 Å². The molecule has 1 aliphatic heterocycles. The number of benzene rings is 1. The molecule has 0 spiro atoms. The van der Waals surface area contributed by atoms with Gasteiger partial charge in [-0.25, -0.2) is 0 Å². The van der Waals surface area contributed by atoms with Gasteiger partial charge in [0.1, 0.15) is 11.9 Å². The van der Waals surface area contributed by atoms with Crippen molar-refractivity contribution in [1.82, 2.24) is 8.43 Å². The molecule has 0 unspecified atom stereocenters. The number of nitrogens with zero attached hydrogens (tertiary/aromatic N) is 1. The van der Waals surface area contributed by atoms with Crippen molar-refractivity contribution in [1.29, 1.82) is 0 Å². The highest BCUT2D eigenvalue weighted by atomic mass is 127. The van der Waals surface area contributed by atoms with Crippen LogP contribution in [0.1, 0.15) is 10.4 Å². The number of nitrogens with one attached hydrogen (secondary N) is 1. The Bertz CT molecular complexity index is 374. The first-order valence-electron chi connectivity index (χ1n) is 5.05. The number of hydrogen-bond acceptors (Lipinski definition) is 3. The maximum atomic E-state index is 11.3. The van der Waals surface area contributed by atoms with Crippen molar-refractivity contribution in [3.63, 3.8) is 0 Å². The maximum Gasteiger partial charge on any atom is 0.259 e. The summed E-state index contributed by atoms with van der Waals surface area (Å²) in [5.41, 5.74) is 0.646. The zero-order chi connectivity index (χ0) is 11.5. The number of rotatable bonds is 3. The van der Waals surface area contributed by atoms with E-state index < -0.39 is 0 Å². The molecule has 1 aliphatic rings. The summed E-state index contributed by atoms with van der Waals surface area (Å²) in [6.07, 6.45) is 0.286. The van der Waals surface area contributed by atoms with Crippen LogP contribution in [-0.4, -0.2) is 37.0 Å². The summed E-state index contributed by atoms with van der Waals surface area (Å²) in [6.45, 7) is 1.94. The summed E-state index contributed by atoms with van der Waals surface area (Å²) in [5.74, 6) is 0.735. The van der Waals surface area contributed by atoms with Gasteiger partial charge in [-0.1, -0.05) is 0 Å². The van der Waals surface area contributed by atoms with E-state index in [-0.39, 0.29) is 12.0 Å². The minimum atomic E-state index is -0.0875. The highest BCUT2D eigenvalue weighted by molar-refractivity contribution is 14.1. The molecule has 0 radical (unpaired) electrons. The third-order valence-electron chi connectivity index (χ3n) is 2.54. The second-order valence-electron chi connectivity index (χ2n) is 3.91. The van der Waals surface area contributed by atoms with E-state index in [0.717, 1.165) is 18.8 Å². The van der Waals surface area contributed by atoms with E-state index in [1.54, 1.807) is 12.1 Å². The van der Waals surface area contributed by atoms with Crippen LogP contribution in [0.5, 0.6) is 5.75 Å². The predicted octanol–water partition coefficient (Wildman–Crippen LogP) is 1.46. The van der Waals surface area contributed by atoms with Crippen LogP contribution in [0, 0.1) is 0 Å². The second-order valence-corrected chi connectivity index (χ2v) is 4.45. The topological polar surface area (TPSA) is 41.6 Å². The fourth-order valence-corrected chi connectivity index (χ4v) is 1.96. The summed E-state index contributed by atoms with van der Waals surface area (Å²) >= 11 is 1.83. The van der Waals surface area contributed by atoms with Gasteiger partial charge in [-0.3, -0.25) is 13.2 Å². The van der Waals surface area contributed by atoms with Gasteiger partial charge in [-0.2, -0.15) is 0 Å². The Labute approximate surface area is 108 Å². The molecule has 1 fully saturated rings. The average Bonchev–Trinajstić information content (AvgIpc) is 2.27. The van der Waals surface area contributed by atoms with Crippen LogP contribution in [-0.2, 0) is 0 Å². The maximum absolute atomic E-state index is 11.3. The van der Waals surface area contributed by atoms with Gasteiger partial charge in [0.05, 0.1) is 22.9 Å². The number of likely N-dealkylation sites (tertiary alicyclic amines) is 1. The summed E-state index contributed by atoms with van der Waals surface area (Å²) in [5, 5.41) is 0. The van der Waals surface area contributed by atoms with E-state index in [2.05, 4.69) is 15.5 Å². The molecular weight excluding hydrogens is 319 g/mol. The average molecular weight is 332 g/mol. The monoisotopic (exact) mass is 332 g/mol. The minimum absolute atomic E-state index is 0.0875. The van der Waals surface area contributed by atoms with Crippen LogP contribution in [0.2, 0.25) is 0 Å². The van der Waals surface area contributed by atoms with E-state index in [0.29, 0.717) is 5.56 Å². The van der Waals surface area contributed by atoms with Gasteiger partial charge in [-0.05, 0) is 31.3 Å². The first-order chi connectivity index (χ1) is 7.69. The highest BCUT2D eigenvalue weighted by Crippen LogP contribution is 2.17. The van der Waals surface area contributed by atoms with Gasteiger partial charge < -0.3 is 4.74 Å². The molecule has 86 valence electrons. The van der Waals surface area contributed by atoms with Crippen molar-refractivity contribution in [2.45, 2.75) is 6.10 Å². The van der Waals surface area contributed by atoms with E-state index in [1.807, 2.05) is 35.0 Å². The fourth-order valence-electron chi connectivity index (χ4n) is 1.65. The number of likely N-dealkylation sites (N-methyl/N-ethyl adjacent to an activating group) is 1. The lowest BCUT2D eigenvalue weighted by Crippen LogP contribution is -2.51. The van der Waals surface area contributed by atoms with Crippen molar-refractivity contribution < 1.29 is 9.53 Å². The molecule has 0 bridgehead atoms. The molecule has 0 atom stereocenters. The zero-order valence-electron chi connectivity index (χ0n) is 8.94. The van der Waals surface area contributed by atoms with Crippen molar-refractivity contribution in [3.8, 4) is 5.75 Å². The van der Waals surface area contributed by atoms with Gasteiger partial charge in [0.2, 0.25) is 0 Å². The molecule has 1 heterocycles. The van der Waals surface area contributed by atoms with Crippen LogP contribution in [0.3, 0.4) is 0 Å². The summed E-state index contributed by atoms with van der Waals surface area (Å²) in [4.78, 5) is 13.5. The first kappa shape index (κ1) is 11.7. The first-order valence-corrected chi connectivity index (χ1v) is 6.13. The highest BCUT2D eigenvalue weighted by Gasteiger charge is 2.24. The molecular formula is C11H13IN2O2. The van der Waals surface area contributed by atoms with Gasteiger partial charge in [0.25, 0.3) is 5.91 Å². The second kappa shape index (κ2) is 5.01. The Hall–Kier alpha value is -0.820. The van der Waals surface area contributed by atoms with Gasteiger partial charge in [0, 0.05) is 18.7 Å². The van der Waals surface area contributed by atoms with Crippen LogP contribution in [0.4, 0.5) is 0 Å². The van der Waals surface area contributed by atoms with Gasteiger partial charge in [0.15, 0.2) is 0 Å². The standard InChI is InChI=1S/C11H13IN2O2/c1-14-6-10(7-14)16-9-4-2-8(3-5-9)11(15)13-12/h2-5,10H,6-7H2,1H3,(H,13,15). The quantitative estimate of drug-likeness (QED) is 0.673. The van der Waals surface area contributed by atoms with E-state index in [1.165, 1.54) is 0 Å². The lowest BCUT2D eigenvalue weighted by molar-refractivity contribution is 0.0388. The van der Waals surface area contributed by atoms with Crippen molar-refractivity contribution in [2.75, 3.05) is 20.1 Å². The number of carbonyl (C=O) groups is 1. The molecule has 5 heteroatoms. The normalized spacial score (nSPS) is 16.6. The van der Waals surface area contributed by atoms with Crippen molar-refractivity contribution >= 4 is 28.8 Å². The number of hydrogen-bond donors (Lipinski definition) is 1. The van der Waals surface area contributed by atoms with E-state index in [4.69, 9.17) is 4.74 Å². The lowest BCUT2D eigenvalue weighted by Gasteiger charge is -2.35. The number of ether oxygens (including phenoxy) is 1. The summed E-state index contributed by atoms with van der Waals surface area (Å²) in [6, 6.07) is 7.20. The fraction of sp³-hybridized carbons (Fsp3) is 0.364. The van der Waals surface area contributed by atoms with Gasteiger partial charge in [-0.15, -0.1) is 0 Å². The summed E-state index contributed by atoms with van der Waals surface area (Å²) in [7, 11) is 2.06. The number of carbonyl (C=O) groups excluding carboxylic acids is 1. The molecule has 2 rings (SSSR count). The van der Waals surface area contributed by atoms with Crippen LogP contribution < -0.4 is 8.27 Å². The summed E-state index contributed by atoms with van der Waals surface area (Å²) < 4.78 is 8.27. The zero-order valence-corrected chi connectivity index (χ0v) is 11.1. The SMILES string of the molecule is CN1CC(Oc2ccc(C(=O)NI)cc2)C1. The molecule has 1 aromatic carbocycles. The molecule has 0 saturated carbocycles. The Morgan fingerprint density at radius 2 is 2.06 bits per heavy atom. The predicted molar refractivity (Wildman–Crippen MR) is 69.8 cm³/mol. The largest absolute Gasteiger partial charge is 0.488 e. The lowest BCUT2D eigenvalue weighted by atomic mass is 10.2. The molecule has 16 heavy (non-hydrogen) atoms. The number of amides is 1. The molecule has 0 aromatic heterocycles. The Balaban J connectivity index is 1.94. The molecule has 1 amide bonds. The molecule has 4 nitrogen and oxygen atoms in total. The molecule has 0 aliphatic carbocycles. The third kappa shape index (κ3) is 2.65. The van der Waals surface area contributed by atoms with Crippen molar-refractivity contribution in [3.05, 3.63) is 29.8 Å². The van der Waals surface area contributed by atoms with Crippen LogP contribution >= 0.6 is 22.9 Å². The molecule has 1 saturated heterocycles. The van der Waals surface area contributed by atoms with Crippen LogP contribution in [0.15, 0.2) is 24.3 Å². The Morgan fingerprint density at radius 3 is 2.56 bits per heavy atom. The van der Waals surface area contributed by atoms with Crippen LogP contribution in [0.25, 0.3) is 0 Å². The van der Waals surface area contributed by atoms with E-state index >= 15 is 0 Å². The van der Waals surface area contributed by atoms with Gasteiger partial charge >= 0.3 is 0 Å². The Morgan fingerprint density at radius 1 is 1.44 bits per heavy atom. The molecule has 1 aromatic rings. The van der Waals surface area contributed by atoms with E-state index in [9.17, 15) is 4.79 Å². The third-order valence-corrected chi connectivity index (χ3v) is 3.03. The minimum Gasteiger partial charge on any atom is -0.488 e. The number of halogens is 1. The Kier molecular flexibility index (Phi) is 3.65. The smallest absolute Gasteiger partial charge is 0.259 e.